The van der Waals surface area contributed by atoms with Crippen molar-refractivity contribution in [1.29, 1.82) is 0 Å². The molecule has 17 rings (SSSR count). The monoisotopic (exact) mass is 1170 g/mol. The fourth-order valence-electron chi connectivity index (χ4n) is 14.9. The summed E-state index contributed by atoms with van der Waals surface area (Å²) in [7, 11) is -5.85. The molecule has 89 heavy (non-hydrogen) atoms. The zero-order chi connectivity index (χ0) is 58.9. The Bertz CT molecular complexity index is 5240. The van der Waals surface area contributed by atoms with Crippen LogP contribution in [-0.4, -0.2) is 39.8 Å². The predicted molar refractivity (Wildman–Crippen MR) is 378 cm³/mol. The Balaban J connectivity index is 0.948. The van der Waals surface area contributed by atoms with Gasteiger partial charge in [-0.2, -0.15) is 0 Å². The average Bonchev–Trinajstić information content (AvgIpc) is 1.19. The van der Waals surface area contributed by atoms with E-state index in [1.54, 1.807) is 0 Å². The standard InChI is InChI=1S/C82H57N5Si2/c1-7-31-60(32-8-1)88(61-33-9-2-10-34-61,62-35-11-3-12-36-62)66-43-27-29-58(55-66)82-83-78(86-73-49-23-19-45-68(73)69-46-20-24-50-74(69)86)57-79(84-82)87-75-51-25-21-47-70(75)71-53-54-77-80(81(71)87)72-48-22-26-52-76(72)85(77)59-30-28-44-67(56-59)89(63-37-13-4-14-38-63,64-39-15-5-16-40-64)65-41-17-6-18-42-65/h1-57H. The van der Waals surface area contributed by atoms with E-state index in [1.807, 2.05) is 0 Å². The Morgan fingerprint density at radius 3 is 1.03 bits per heavy atom. The highest BCUT2D eigenvalue weighted by molar-refractivity contribution is 7.20. The summed E-state index contributed by atoms with van der Waals surface area (Å²) in [6, 6.07) is 128. The molecule has 4 aromatic heterocycles. The Labute approximate surface area is 518 Å². The second-order valence-corrected chi connectivity index (χ2v) is 30.8. The molecule has 0 amide bonds. The Morgan fingerprint density at radius 1 is 0.225 bits per heavy atom. The molecule has 0 aliphatic heterocycles. The van der Waals surface area contributed by atoms with Crippen LogP contribution in [0.3, 0.4) is 0 Å². The summed E-state index contributed by atoms with van der Waals surface area (Å²) in [5.41, 5.74) is 8.60. The maximum absolute atomic E-state index is 5.89. The van der Waals surface area contributed by atoms with E-state index in [0.29, 0.717) is 5.82 Å². The second kappa shape index (κ2) is 21.3. The van der Waals surface area contributed by atoms with Crippen molar-refractivity contribution in [1.82, 2.24) is 23.7 Å². The van der Waals surface area contributed by atoms with Gasteiger partial charge in [0.05, 0.1) is 33.1 Å². The highest BCUT2D eigenvalue weighted by Crippen LogP contribution is 2.43. The van der Waals surface area contributed by atoms with Crippen molar-refractivity contribution >= 4 is 123 Å². The molecule has 418 valence electrons. The lowest BCUT2D eigenvalue weighted by atomic mass is 10.1. The fraction of sp³-hybridized carbons (Fsp3) is 0. The van der Waals surface area contributed by atoms with Gasteiger partial charge in [0.15, 0.2) is 22.0 Å². The first kappa shape index (κ1) is 52.1. The quantitative estimate of drug-likeness (QED) is 0.0903. The smallest absolute Gasteiger partial charge is 0.179 e. The summed E-state index contributed by atoms with van der Waals surface area (Å²) < 4.78 is 7.27. The number of hydrogen-bond donors (Lipinski definition) is 0. The van der Waals surface area contributed by atoms with Crippen LogP contribution < -0.4 is 41.5 Å². The lowest BCUT2D eigenvalue weighted by molar-refractivity contribution is 0.995. The van der Waals surface area contributed by atoms with Crippen LogP contribution in [0.4, 0.5) is 0 Å². The third kappa shape index (κ3) is 8.13. The minimum absolute atomic E-state index is 0.638. The number of benzene rings is 13. The first-order chi connectivity index (χ1) is 44.2. The summed E-state index contributed by atoms with van der Waals surface area (Å²) in [6.07, 6.45) is 0. The van der Waals surface area contributed by atoms with Gasteiger partial charge in [-0.05, 0) is 84.0 Å². The summed E-state index contributed by atoms with van der Waals surface area (Å²) >= 11 is 0. The number of aromatic nitrogens is 5. The normalized spacial score (nSPS) is 12.0. The van der Waals surface area contributed by atoms with Gasteiger partial charge in [-0.3, -0.25) is 9.13 Å². The van der Waals surface area contributed by atoms with E-state index in [-0.39, 0.29) is 0 Å². The molecule has 0 N–H and O–H groups in total. The highest BCUT2D eigenvalue weighted by Gasteiger charge is 2.43. The molecule has 5 nitrogen and oxygen atoms in total. The Morgan fingerprint density at radius 2 is 0.573 bits per heavy atom. The van der Waals surface area contributed by atoms with Crippen LogP contribution >= 0.6 is 0 Å². The Hall–Kier alpha value is -11.2. The molecule has 0 saturated carbocycles. The molecular weight excluding hydrogens is 1110 g/mol. The molecule has 0 bridgehead atoms. The van der Waals surface area contributed by atoms with Crippen LogP contribution in [0.2, 0.25) is 0 Å². The van der Waals surface area contributed by atoms with E-state index in [4.69, 9.17) is 9.97 Å². The van der Waals surface area contributed by atoms with Crippen molar-refractivity contribution in [3.05, 3.63) is 346 Å². The summed E-state index contributed by atoms with van der Waals surface area (Å²) in [4.78, 5) is 11.6. The van der Waals surface area contributed by atoms with E-state index in [0.717, 1.165) is 77.5 Å². The largest absolute Gasteiger partial charge is 0.309 e. The van der Waals surface area contributed by atoms with Gasteiger partial charge in [0.2, 0.25) is 0 Å². The van der Waals surface area contributed by atoms with Crippen molar-refractivity contribution < 1.29 is 0 Å². The lowest BCUT2D eigenvalue weighted by Gasteiger charge is -2.34. The molecule has 17 aromatic rings. The SMILES string of the molecule is c1ccc([Si](c2ccccc2)(c2ccccc2)c2cccc(-c3nc(-n4c5ccccc5c5ccccc54)cc(-n4c5ccccc5c5ccc6c(c7ccccc7n6-c6cccc([Si](c7ccccc7)(c7ccccc7)c7ccccc7)c6)c54)n3)c2)cc1. The minimum Gasteiger partial charge on any atom is -0.309 e. The molecule has 0 aliphatic carbocycles. The maximum Gasteiger partial charge on any atom is 0.179 e. The topological polar surface area (TPSA) is 40.6 Å². The van der Waals surface area contributed by atoms with Gasteiger partial charge < -0.3 is 4.57 Å². The number of fused-ring (bicyclic) bond motifs is 10. The zero-order valence-corrected chi connectivity index (χ0v) is 50.6. The highest BCUT2D eigenvalue weighted by atomic mass is 28.3. The molecule has 0 atom stereocenters. The van der Waals surface area contributed by atoms with E-state index in [2.05, 4.69) is 359 Å². The number of rotatable bonds is 12. The molecule has 0 fully saturated rings. The minimum atomic E-state index is -2.96. The summed E-state index contributed by atoms with van der Waals surface area (Å²) in [5, 5.41) is 17.4. The molecule has 0 saturated heterocycles. The van der Waals surface area contributed by atoms with Gasteiger partial charge in [-0.1, -0.05) is 297 Å². The van der Waals surface area contributed by atoms with E-state index in [9.17, 15) is 0 Å². The number of para-hydroxylation sites is 4. The first-order valence-electron chi connectivity index (χ1n) is 30.6. The molecule has 0 aliphatic rings. The third-order valence-corrected chi connectivity index (χ3v) is 28.1. The maximum atomic E-state index is 5.89. The molecule has 4 heterocycles. The summed E-state index contributed by atoms with van der Waals surface area (Å²) in [6.45, 7) is 0. The van der Waals surface area contributed by atoms with Crippen molar-refractivity contribution in [3.63, 3.8) is 0 Å². The van der Waals surface area contributed by atoms with E-state index >= 15 is 0 Å². The molecule has 7 heteroatoms. The molecule has 0 radical (unpaired) electrons. The average molecular weight is 1170 g/mol. The number of hydrogen-bond acceptors (Lipinski definition) is 2. The second-order valence-electron chi connectivity index (χ2n) is 23.2. The van der Waals surface area contributed by atoms with Crippen LogP contribution in [0.1, 0.15) is 0 Å². The van der Waals surface area contributed by atoms with E-state index in [1.165, 1.54) is 52.3 Å². The van der Waals surface area contributed by atoms with Crippen molar-refractivity contribution in [2.45, 2.75) is 0 Å². The van der Waals surface area contributed by atoms with Crippen LogP contribution in [-0.2, 0) is 0 Å². The van der Waals surface area contributed by atoms with Crippen molar-refractivity contribution in [3.8, 4) is 28.7 Å². The van der Waals surface area contributed by atoms with Crippen LogP contribution in [0.5, 0.6) is 0 Å². The van der Waals surface area contributed by atoms with Gasteiger partial charge in [-0.15, -0.1) is 0 Å². The van der Waals surface area contributed by atoms with Gasteiger partial charge >= 0.3 is 0 Å². The molecular formula is C82H57N5Si2. The first-order valence-corrected chi connectivity index (χ1v) is 34.6. The summed E-state index contributed by atoms with van der Waals surface area (Å²) in [5.74, 6) is 2.20. The van der Waals surface area contributed by atoms with Gasteiger partial charge in [0.25, 0.3) is 0 Å². The van der Waals surface area contributed by atoms with Crippen molar-refractivity contribution in [2.24, 2.45) is 0 Å². The molecule has 0 spiro atoms. The van der Waals surface area contributed by atoms with Gasteiger partial charge in [-0.25, -0.2) is 9.97 Å². The zero-order valence-electron chi connectivity index (χ0n) is 48.6. The van der Waals surface area contributed by atoms with E-state index < -0.39 is 16.1 Å². The fourth-order valence-corrected chi connectivity index (χ4v) is 24.5. The lowest BCUT2D eigenvalue weighted by Crippen LogP contribution is -2.74. The third-order valence-electron chi connectivity index (χ3n) is 18.5. The van der Waals surface area contributed by atoms with Crippen LogP contribution in [0, 0.1) is 0 Å². The Kier molecular flexibility index (Phi) is 12.5. The van der Waals surface area contributed by atoms with Gasteiger partial charge in [0.1, 0.15) is 11.6 Å². The number of nitrogens with zero attached hydrogens (tertiary/aromatic N) is 5. The van der Waals surface area contributed by atoms with Crippen LogP contribution in [0.15, 0.2) is 346 Å². The van der Waals surface area contributed by atoms with Crippen LogP contribution in [0.25, 0.3) is 94.1 Å². The molecule has 13 aromatic carbocycles. The van der Waals surface area contributed by atoms with Gasteiger partial charge in [0, 0.05) is 49.6 Å². The van der Waals surface area contributed by atoms with Crippen molar-refractivity contribution in [2.75, 3.05) is 0 Å². The predicted octanol–water partition coefficient (Wildman–Crippen LogP) is 14.2. The molecule has 0 unspecified atom stereocenters.